The fourth-order valence-electron chi connectivity index (χ4n) is 3.43. The largest absolute Gasteiger partial charge is 0.306 e. The highest BCUT2D eigenvalue weighted by Gasteiger charge is 2.22. The number of nitrogens with zero attached hydrogens (tertiary/aromatic N) is 2. The van der Waals surface area contributed by atoms with Crippen molar-refractivity contribution in [2.45, 2.75) is 12.8 Å². The monoisotopic (exact) mass is 288 g/mol. The Bertz CT molecular complexity index is 709. The molecule has 0 unspecified atom stereocenters. The Balaban J connectivity index is 1.96. The molecule has 110 valence electrons. The number of fused-ring (bicyclic) bond motifs is 2. The van der Waals surface area contributed by atoms with Crippen molar-refractivity contribution in [3.63, 3.8) is 0 Å². The first-order valence-corrected chi connectivity index (χ1v) is 7.96. The zero-order valence-corrected chi connectivity index (χ0v) is 12.9. The fourth-order valence-corrected chi connectivity index (χ4v) is 3.43. The molecule has 2 heteroatoms. The lowest BCUT2D eigenvalue weighted by Gasteiger charge is -2.27. The second-order valence-corrected chi connectivity index (χ2v) is 6.14. The first-order chi connectivity index (χ1) is 10.8. The van der Waals surface area contributed by atoms with Gasteiger partial charge in [-0.2, -0.15) is 0 Å². The van der Waals surface area contributed by atoms with Crippen LogP contribution in [0.4, 0.5) is 0 Å². The Morgan fingerprint density at radius 3 is 2.50 bits per heavy atom. The number of aromatic nitrogens is 1. The maximum atomic E-state index is 4.73. The van der Waals surface area contributed by atoms with E-state index < -0.39 is 0 Å². The van der Waals surface area contributed by atoms with Crippen LogP contribution in [-0.4, -0.2) is 30.0 Å². The van der Waals surface area contributed by atoms with Crippen molar-refractivity contribution in [3.05, 3.63) is 70.6 Å². The van der Waals surface area contributed by atoms with E-state index in [1.54, 1.807) is 5.57 Å². The standard InChI is InChI=1S/C20H20N2/c1-22-13-10-16(11-14-22)19-18-7-3-2-5-15(18)8-9-17-6-4-12-21-20(17)19/h2-9,12H,10-11,13-14H2,1H3. The number of benzene rings is 1. The molecule has 0 N–H and O–H groups in total. The molecular formula is C20H20N2. The molecule has 1 aromatic heterocycles. The van der Waals surface area contributed by atoms with Gasteiger partial charge in [0.25, 0.3) is 0 Å². The van der Waals surface area contributed by atoms with Gasteiger partial charge in [0.15, 0.2) is 0 Å². The summed E-state index contributed by atoms with van der Waals surface area (Å²) in [6.07, 6.45) is 8.60. The Kier molecular flexibility index (Phi) is 3.39. The minimum Gasteiger partial charge on any atom is -0.306 e. The Morgan fingerprint density at radius 2 is 1.64 bits per heavy atom. The molecule has 1 aromatic carbocycles. The number of hydrogen-bond acceptors (Lipinski definition) is 2. The van der Waals surface area contributed by atoms with E-state index in [1.165, 1.54) is 22.3 Å². The second-order valence-electron chi connectivity index (χ2n) is 6.14. The van der Waals surface area contributed by atoms with Gasteiger partial charge in [-0.15, -0.1) is 0 Å². The van der Waals surface area contributed by atoms with Crippen LogP contribution in [0.25, 0.3) is 17.7 Å². The Morgan fingerprint density at radius 1 is 0.909 bits per heavy atom. The highest BCUT2D eigenvalue weighted by molar-refractivity contribution is 5.93. The molecule has 1 aliphatic heterocycles. The van der Waals surface area contributed by atoms with E-state index in [4.69, 9.17) is 4.98 Å². The summed E-state index contributed by atoms with van der Waals surface area (Å²) in [7, 11) is 2.20. The SMILES string of the molecule is CN1CCC(=C2c3ccccc3C=Cc3cccnc32)CC1. The average molecular weight is 288 g/mol. The molecule has 4 rings (SSSR count). The maximum absolute atomic E-state index is 4.73. The minimum absolute atomic E-state index is 1.14. The summed E-state index contributed by atoms with van der Waals surface area (Å²) >= 11 is 0. The number of pyridine rings is 1. The molecule has 2 aliphatic rings. The van der Waals surface area contributed by atoms with Crippen LogP contribution in [0.15, 0.2) is 48.2 Å². The van der Waals surface area contributed by atoms with Gasteiger partial charge in [-0.25, -0.2) is 0 Å². The summed E-state index contributed by atoms with van der Waals surface area (Å²) in [5, 5.41) is 0. The smallest absolute Gasteiger partial charge is 0.0780 e. The lowest BCUT2D eigenvalue weighted by Crippen LogP contribution is -2.27. The van der Waals surface area contributed by atoms with Crippen LogP contribution in [0.5, 0.6) is 0 Å². The molecule has 1 fully saturated rings. The summed E-state index contributed by atoms with van der Waals surface area (Å²) < 4.78 is 0. The van der Waals surface area contributed by atoms with E-state index in [0.717, 1.165) is 31.6 Å². The Hall–Kier alpha value is -2.19. The van der Waals surface area contributed by atoms with Crippen LogP contribution in [0.3, 0.4) is 0 Å². The second kappa shape index (κ2) is 5.54. The van der Waals surface area contributed by atoms with Crippen LogP contribution in [0, 0.1) is 0 Å². The molecule has 1 aliphatic carbocycles. The summed E-state index contributed by atoms with van der Waals surface area (Å²) in [5.74, 6) is 0. The summed E-state index contributed by atoms with van der Waals surface area (Å²) in [5.41, 5.74) is 7.90. The van der Waals surface area contributed by atoms with Crippen LogP contribution in [0.1, 0.15) is 35.2 Å². The van der Waals surface area contributed by atoms with E-state index in [2.05, 4.69) is 54.4 Å². The molecule has 0 atom stereocenters. The van der Waals surface area contributed by atoms with Gasteiger partial charge >= 0.3 is 0 Å². The van der Waals surface area contributed by atoms with Crippen molar-refractivity contribution < 1.29 is 0 Å². The number of likely N-dealkylation sites (tertiary alicyclic amines) is 1. The van der Waals surface area contributed by atoms with Gasteiger partial charge in [0, 0.05) is 30.4 Å². The van der Waals surface area contributed by atoms with Crippen molar-refractivity contribution in [1.29, 1.82) is 0 Å². The van der Waals surface area contributed by atoms with Crippen molar-refractivity contribution in [1.82, 2.24) is 9.88 Å². The van der Waals surface area contributed by atoms with E-state index >= 15 is 0 Å². The molecule has 0 bridgehead atoms. The van der Waals surface area contributed by atoms with Crippen LogP contribution in [0.2, 0.25) is 0 Å². The average Bonchev–Trinajstić information content (AvgIpc) is 2.73. The third kappa shape index (κ3) is 2.30. The zero-order valence-electron chi connectivity index (χ0n) is 12.9. The van der Waals surface area contributed by atoms with Crippen molar-refractivity contribution in [2.24, 2.45) is 0 Å². The molecule has 0 radical (unpaired) electrons. The van der Waals surface area contributed by atoms with Crippen molar-refractivity contribution in [3.8, 4) is 0 Å². The lowest BCUT2D eigenvalue weighted by atomic mass is 9.88. The number of hydrogen-bond donors (Lipinski definition) is 0. The van der Waals surface area contributed by atoms with Gasteiger partial charge in [-0.05, 0) is 37.1 Å². The molecule has 0 spiro atoms. The van der Waals surface area contributed by atoms with Gasteiger partial charge in [-0.3, -0.25) is 4.98 Å². The van der Waals surface area contributed by atoms with E-state index in [0.29, 0.717) is 0 Å². The van der Waals surface area contributed by atoms with E-state index in [1.807, 2.05) is 12.3 Å². The van der Waals surface area contributed by atoms with Crippen LogP contribution in [-0.2, 0) is 0 Å². The normalized spacial score (nSPS) is 17.9. The van der Waals surface area contributed by atoms with E-state index in [9.17, 15) is 0 Å². The third-order valence-electron chi connectivity index (χ3n) is 4.69. The van der Waals surface area contributed by atoms with Crippen LogP contribution >= 0.6 is 0 Å². The van der Waals surface area contributed by atoms with E-state index in [-0.39, 0.29) is 0 Å². The zero-order chi connectivity index (χ0) is 14.9. The number of rotatable bonds is 0. The van der Waals surface area contributed by atoms with Gasteiger partial charge in [0.1, 0.15) is 0 Å². The van der Waals surface area contributed by atoms with Crippen molar-refractivity contribution in [2.75, 3.05) is 20.1 Å². The first kappa shape index (κ1) is 13.5. The van der Waals surface area contributed by atoms with Crippen LogP contribution < -0.4 is 0 Å². The third-order valence-corrected chi connectivity index (χ3v) is 4.69. The predicted molar refractivity (Wildman–Crippen MR) is 92.4 cm³/mol. The molecule has 2 heterocycles. The van der Waals surface area contributed by atoms with Crippen molar-refractivity contribution >= 4 is 17.7 Å². The van der Waals surface area contributed by atoms with Gasteiger partial charge in [0.2, 0.25) is 0 Å². The molecule has 22 heavy (non-hydrogen) atoms. The lowest BCUT2D eigenvalue weighted by molar-refractivity contribution is 0.313. The highest BCUT2D eigenvalue weighted by atomic mass is 15.1. The quantitative estimate of drug-likeness (QED) is 0.619. The van der Waals surface area contributed by atoms with Gasteiger partial charge in [-0.1, -0.05) is 48.1 Å². The fraction of sp³-hybridized carbons (Fsp3) is 0.250. The summed E-state index contributed by atoms with van der Waals surface area (Å²) in [4.78, 5) is 7.14. The molecule has 2 nitrogen and oxygen atoms in total. The topological polar surface area (TPSA) is 16.1 Å². The Labute approximate surface area is 131 Å². The molecule has 0 saturated carbocycles. The molecular weight excluding hydrogens is 268 g/mol. The maximum Gasteiger partial charge on any atom is 0.0780 e. The number of piperidine rings is 1. The highest BCUT2D eigenvalue weighted by Crippen LogP contribution is 2.37. The van der Waals surface area contributed by atoms with Gasteiger partial charge in [0.05, 0.1) is 5.69 Å². The molecule has 0 amide bonds. The molecule has 1 saturated heterocycles. The molecule has 2 aromatic rings. The predicted octanol–water partition coefficient (Wildman–Crippen LogP) is 4.09. The van der Waals surface area contributed by atoms with Gasteiger partial charge < -0.3 is 4.90 Å². The summed E-state index contributed by atoms with van der Waals surface area (Å²) in [6.45, 7) is 2.27. The minimum atomic E-state index is 1.14. The first-order valence-electron chi connectivity index (χ1n) is 7.96. The summed E-state index contributed by atoms with van der Waals surface area (Å²) in [6, 6.07) is 12.9.